The van der Waals surface area contributed by atoms with E-state index in [1.807, 2.05) is 18.2 Å². The van der Waals surface area contributed by atoms with E-state index in [0.29, 0.717) is 24.1 Å². The molecule has 7 heteroatoms. The van der Waals surface area contributed by atoms with Crippen LogP contribution in [0.25, 0.3) is 11.0 Å². The molecular formula is C22H20N2O5. The average molecular weight is 392 g/mol. The largest absolute Gasteiger partial charge is 0.454 e. The molecule has 7 nitrogen and oxygen atoms in total. The highest BCUT2D eigenvalue weighted by Gasteiger charge is 2.25. The molecule has 2 aliphatic heterocycles. The van der Waals surface area contributed by atoms with Crippen LogP contribution in [0.15, 0.2) is 57.7 Å². The van der Waals surface area contributed by atoms with Crippen LogP contribution in [0.1, 0.15) is 16.1 Å². The first-order valence-corrected chi connectivity index (χ1v) is 9.60. The molecule has 0 saturated carbocycles. The maximum atomic E-state index is 12.8. The average Bonchev–Trinajstić information content (AvgIpc) is 3.22. The van der Waals surface area contributed by atoms with Crippen LogP contribution < -0.4 is 14.9 Å². The van der Waals surface area contributed by atoms with Crippen molar-refractivity contribution in [3.05, 3.63) is 70.1 Å². The van der Waals surface area contributed by atoms with Crippen molar-refractivity contribution in [2.75, 3.05) is 33.0 Å². The van der Waals surface area contributed by atoms with E-state index in [4.69, 9.17) is 13.9 Å². The molecule has 2 aromatic carbocycles. The highest BCUT2D eigenvalue weighted by molar-refractivity contribution is 5.93. The van der Waals surface area contributed by atoms with Crippen LogP contribution in [-0.4, -0.2) is 48.7 Å². The van der Waals surface area contributed by atoms with Crippen LogP contribution in [-0.2, 0) is 6.54 Å². The Labute approximate surface area is 167 Å². The molecule has 0 N–H and O–H groups in total. The van der Waals surface area contributed by atoms with Gasteiger partial charge in [0.05, 0.1) is 5.39 Å². The van der Waals surface area contributed by atoms with E-state index < -0.39 is 0 Å². The summed E-state index contributed by atoms with van der Waals surface area (Å²) in [5.74, 6) is 1.41. The number of hydrogen-bond acceptors (Lipinski definition) is 6. The second kappa shape index (κ2) is 7.25. The van der Waals surface area contributed by atoms with Gasteiger partial charge in [-0.15, -0.1) is 0 Å². The molecule has 2 aliphatic rings. The molecule has 0 radical (unpaired) electrons. The predicted octanol–water partition coefficient (Wildman–Crippen LogP) is 2.48. The summed E-state index contributed by atoms with van der Waals surface area (Å²) >= 11 is 0. The lowest BCUT2D eigenvalue weighted by Crippen LogP contribution is -2.48. The minimum absolute atomic E-state index is 0.0953. The van der Waals surface area contributed by atoms with Gasteiger partial charge in [0.2, 0.25) is 6.79 Å². The van der Waals surface area contributed by atoms with E-state index in [1.54, 1.807) is 29.2 Å². The minimum atomic E-state index is -0.240. The number of carbonyl (C=O) groups is 1. The van der Waals surface area contributed by atoms with Crippen molar-refractivity contribution < 1.29 is 18.7 Å². The first-order chi connectivity index (χ1) is 14.2. The molecule has 148 valence electrons. The van der Waals surface area contributed by atoms with Crippen molar-refractivity contribution in [1.29, 1.82) is 0 Å². The zero-order valence-electron chi connectivity index (χ0n) is 15.8. The molecular weight excluding hydrogens is 372 g/mol. The molecule has 1 aromatic heterocycles. The lowest BCUT2D eigenvalue weighted by atomic mass is 10.1. The van der Waals surface area contributed by atoms with Crippen LogP contribution >= 0.6 is 0 Å². The number of hydrogen-bond donors (Lipinski definition) is 0. The van der Waals surface area contributed by atoms with Crippen molar-refractivity contribution in [2.45, 2.75) is 6.54 Å². The number of para-hydroxylation sites is 1. The molecule has 5 rings (SSSR count). The van der Waals surface area contributed by atoms with Crippen molar-refractivity contribution in [3.63, 3.8) is 0 Å². The van der Waals surface area contributed by atoms with Gasteiger partial charge in [-0.2, -0.15) is 0 Å². The molecule has 29 heavy (non-hydrogen) atoms. The van der Waals surface area contributed by atoms with Gasteiger partial charge in [0.25, 0.3) is 5.91 Å². The third-order valence-electron chi connectivity index (χ3n) is 5.35. The molecule has 0 unspecified atom stereocenters. The Morgan fingerprint density at radius 3 is 2.59 bits per heavy atom. The van der Waals surface area contributed by atoms with Crippen molar-refractivity contribution in [3.8, 4) is 11.5 Å². The summed E-state index contributed by atoms with van der Waals surface area (Å²) in [5, 5.41) is 0.484. The number of fused-ring (bicyclic) bond motifs is 2. The zero-order valence-corrected chi connectivity index (χ0v) is 15.8. The third-order valence-corrected chi connectivity index (χ3v) is 5.35. The Morgan fingerprint density at radius 2 is 1.72 bits per heavy atom. The lowest BCUT2D eigenvalue weighted by Gasteiger charge is -2.34. The number of amides is 1. The quantitative estimate of drug-likeness (QED) is 0.682. The third kappa shape index (κ3) is 3.45. The maximum absolute atomic E-state index is 12.8. The first-order valence-electron chi connectivity index (χ1n) is 9.60. The predicted molar refractivity (Wildman–Crippen MR) is 106 cm³/mol. The van der Waals surface area contributed by atoms with Gasteiger partial charge in [0.1, 0.15) is 5.58 Å². The van der Waals surface area contributed by atoms with Gasteiger partial charge < -0.3 is 18.8 Å². The highest BCUT2D eigenvalue weighted by atomic mass is 16.7. The Hall–Kier alpha value is -3.32. The Bertz CT molecular complexity index is 1130. The van der Waals surface area contributed by atoms with Crippen LogP contribution in [0.4, 0.5) is 0 Å². The fraction of sp³-hybridized carbons (Fsp3) is 0.273. The number of carbonyl (C=O) groups excluding carboxylic acids is 1. The second-order valence-corrected chi connectivity index (χ2v) is 7.23. The molecule has 0 aliphatic carbocycles. The SMILES string of the molecule is O=C(c1cc(=O)c2ccccc2o1)N1CCN(Cc2ccc3c(c2)OCO3)CC1. The molecule has 0 spiro atoms. The van der Waals surface area contributed by atoms with Crippen LogP contribution in [0.5, 0.6) is 11.5 Å². The molecule has 1 fully saturated rings. The maximum Gasteiger partial charge on any atom is 0.289 e. The Balaban J connectivity index is 1.24. The van der Waals surface area contributed by atoms with Gasteiger partial charge in [-0.3, -0.25) is 14.5 Å². The van der Waals surface area contributed by atoms with Gasteiger partial charge >= 0.3 is 0 Å². The van der Waals surface area contributed by atoms with E-state index in [1.165, 1.54) is 6.07 Å². The number of ether oxygens (including phenoxy) is 2. The van der Waals surface area contributed by atoms with E-state index in [9.17, 15) is 9.59 Å². The fourth-order valence-corrected chi connectivity index (χ4v) is 3.77. The van der Waals surface area contributed by atoms with Gasteiger partial charge in [-0.05, 0) is 29.8 Å². The second-order valence-electron chi connectivity index (χ2n) is 7.23. The smallest absolute Gasteiger partial charge is 0.289 e. The summed E-state index contributed by atoms with van der Waals surface area (Å²) in [4.78, 5) is 29.1. The first kappa shape index (κ1) is 17.8. The van der Waals surface area contributed by atoms with Gasteiger partial charge in [0, 0.05) is 38.8 Å². The molecule has 0 bridgehead atoms. The number of benzene rings is 2. The highest BCUT2D eigenvalue weighted by Crippen LogP contribution is 2.32. The fourth-order valence-electron chi connectivity index (χ4n) is 3.77. The Kier molecular flexibility index (Phi) is 4.44. The molecule has 3 heterocycles. The number of rotatable bonds is 3. The van der Waals surface area contributed by atoms with E-state index in [-0.39, 0.29) is 23.9 Å². The summed E-state index contributed by atoms with van der Waals surface area (Å²) in [6, 6.07) is 14.2. The minimum Gasteiger partial charge on any atom is -0.454 e. The monoisotopic (exact) mass is 392 g/mol. The molecule has 3 aromatic rings. The van der Waals surface area contributed by atoms with Crippen molar-refractivity contribution in [2.24, 2.45) is 0 Å². The summed E-state index contributed by atoms with van der Waals surface area (Å²) in [7, 11) is 0. The van der Waals surface area contributed by atoms with Gasteiger partial charge in [-0.1, -0.05) is 18.2 Å². The summed E-state index contributed by atoms with van der Waals surface area (Å²) in [6.07, 6.45) is 0. The number of piperazine rings is 1. The van der Waals surface area contributed by atoms with Crippen molar-refractivity contribution >= 4 is 16.9 Å². The standard InChI is InChI=1S/C22H20N2O5/c25-17-12-21(29-18-4-2-1-3-16(17)18)22(26)24-9-7-23(8-10-24)13-15-5-6-19-20(11-15)28-14-27-19/h1-6,11-12H,7-10,13-14H2. The topological polar surface area (TPSA) is 72.2 Å². The van der Waals surface area contributed by atoms with Gasteiger partial charge in [0.15, 0.2) is 22.7 Å². The molecule has 0 atom stereocenters. The summed E-state index contributed by atoms with van der Waals surface area (Å²) in [5.41, 5.74) is 1.39. The summed E-state index contributed by atoms with van der Waals surface area (Å²) < 4.78 is 16.5. The van der Waals surface area contributed by atoms with Crippen LogP contribution in [0.3, 0.4) is 0 Å². The molecule has 1 amide bonds. The zero-order chi connectivity index (χ0) is 19.8. The lowest BCUT2D eigenvalue weighted by molar-refractivity contribution is 0.0598. The molecule has 1 saturated heterocycles. The van der Waals surface area contributed by atoms with Crippen LogP contribution in [0.2, 0.25) is 0 Å². The summed E-state index contributed by atoms with van der Waals surface area (Å²) in [6.45, 7) is 3.71. The van der Waals surface area contributed by atoms with Gasteiger partial charge in [-0.25, -0.2) is 0 Å². The van der Waals surface area contributed by atoms with E-state index in [0.717, 1.165) is 36.7 Å². The normalized spacial score (nSPS) is 16.3. The number of nitrogens with zero attached hydrogens (tertiary/aromatic N) is 2. The Morgan fingerprint density at radius 1 is 0.931 bits per heavy atom. The van der Waals surface area contributed by atoms with E-state index >= 15 is 0 Å². The van der Waals surface area contributed by atoms with Crippen molar-refractivity contribution in [1.82, 2.24) is 9.80 Å². The van der Waals surface area contributed by atoms with Crippen LogP contribution in [0, 0.1) is 0 Å². The van der Waals surface area contributed by atoms with E-state index in [2.05, 4.69) is 4.90 Å².